The molecule has 0 fully saturated rings. The molecule has 0 radical (unpaired) electrons. The molecule has 1 N–H and O–H groups in total. The van der Waals surface area contributed by atoms with E-state index in [2.05, 4.69) is 4.72 Å². The molecule has 0 spiro atoms. The molecule has 23 heavy (non-hydrogen) atoms. The smallest absolute Gasteiger partial charge is 0.280 e. The lowest BCUT2D eigenvalue weighted by molar-refractivity contribution is 0.234. The standard InChI is InChI=1S/C14H13F2NO4S2/c1-10-2-6-13(7-3-10)23(20,21)17-11-4-8-12(9-5-11)22(18,19)14(15)16/h2-9,14,17H,1H3. The van der Waals surface area contributed by atoms with Crippen LogP contribution in [0, 0.1) is 6.92 Å². The SMILES string of the molecule is Cc1ccc(S(=O)(=O)Nc2ccc(S(=O)(=O)C(F)F)cc2)cc1. The van der Waals surface area contributed by atoms with Crippen molar-refractivity contribution in [2.24, 2.45) is 0 Å². The minimum Gasteiger partial charge on any atom is -0.280 e. The maximum Gasteiger partial charge on any atom is 0.341 e. The normalized spacial score (nSPS) is 12.3. The van der Waals surface area contributed by atoms with E-state index < -0.39 is 30.5 Å². The van der Waals surface area contributed by atoms with Crippen molar-refractivity contribution >= 4 is 25.5 Å². The third kappa shape index (κ3) is 3.85. The third-order valence-electron chi connectivity index (χ3n) is 3.00. The Morgan fingerprint density at radius 1 is 0.826 bits per heavy atom. The largest absolute Gasteiger partial charge is 0.341 e. The summed E-state index contributed by atoms with van der Waals surface area (Å²) in [5.74, 6) is -3.53. The summed E-state index contributed by atoms with van der Waals surface area (Å²) in [5, 5.41) is 0. The van der Waals surface area contributed by atoms with E-state index in [4.69, 9.17) is 0 Å². The molecular formula is C14H13F2NO4S2. The topological polar surface area (TPSA) is 80.3 Å². The molecule has 0 saturated heterocycles. The van der Waals surface area contributed by atoms with Crippen LogP contribution < -0.4 is 4.72 Å². The lowest BCUT2D eigenvalue weighted by Gasteiger charge is -2.09. The number of rotatable bonds is 5. The third-order valence-corrected chi connectivity index (χ3v) is 5.80. The number of sulfonamides is 1. The zero-order chi connectivity index (χ0) is 17.3. The number of hydrogen-bond donors (Lipinski definition) is 1. The van der Waals surface area contributed by atoms with Crippen molar-refractivity contribution in [2.75, 3.05) is 4.72 Å². The molecule has 0 aliphatic carbocycles. The summed E-state index contributed by atoms with van der Waals surface area (Å²) in [5.41, 5.74) is 0.962. The van der Waals surface area contributed by atoms with Gasteiger partial charge in [-0.25, -0.2) is 16.8 Å². The molecule has 0 unspecified atom stereocenters. The van der Waals surface area contributed by atoms with Crippen molar-refractivity contribution in [3.8, 4) is 0 Å². The number of nitrogens with one attached hydrogen (secondary N) is 1. The molecule has 5 nitrogen and oxygen atoms in total. The predicted molar refractivity (Wildman–Crippen MR) is 81.6 cm³/mol. The maximum atomic E-state index is 12.4. The van der Waals surface area contributed by atoms with E-state index in [0.717, 1.165) is 29.8 Å². The van der Waals surface area contributed by atoms with Crippen LogP contribution in [-0.2, 0) is 19.9 Å². The molecule has 0 atom stereocenters. The van der Waals surface area contributed by atoms with Gasteiger partial charge in [0.15, 0.2) is 0 Å². The van der Waals surface area contributed by atoms with Gasteiger partial charge in [0, 0.05) is 5.69 Å². The van der Waals surface area contributed by atoms with Gasteiger partial charge in [0.05, 0.1) is 9.79 Å². The molecule has 0 bridgehead atoms. The second-order valence-corrected chi connectivity index (χ2v) is 8.35. The van der Waals surface area contributed by atoms with Crippen LogP contribution in [0.3, 0.4) is 0 Å². The summed E-state index contributed by atoms with van der Waals surface area (Å²) in [7, 11) is -8.55. The quantitative estimate of drug-likeness (QED) is 0.888. The van der Waals surface area contributed by atoms with Gasteiger partial charge in [-0.05, 0) is 43.3 Å². The van der Waals surface area contributed by atoms with Crippen LogP contribution in [0.5, 0.6) is 0 Å². The zero-order valence-corrected chi connectivity index (χ0v) is 13.5. The number of halogens is 2. The van der Waals surface area contributed by atoms with Gasteiger partial charge in [0.1, 0.15) is 0 Å². The van der Waals surface area contributed by atoms with Crippen LogP contribution in [0.15, 0.2) is 58.3 Å². The molecule has 2 aromatic rings. The number of anilines is 1. The van der Waals surface area contributed by atoms with E-state index in [-0.39, 0.29) is 10.6 Å². The Morgan fingerprint density at radius 3 is 1.78 bits per heavy atom. The van der Waals surface area contributed by atoms with Gasteiger partial charge in [-0.1, -0.05) is 17.7 Å². The Labute approximate surface area is 132 Å². The molecule has 2 aromatic carbocycles. The highest BCUT2D eigenvalue weighted by atomic mass is 32.2. The highest BCUT2D eigenvalue weighted by molar-refractivity contribution is 7.92. The Hall–Kier alpha value is -2.00. The molecule has 0 saturated carbocycles. The highest BCUT2D eigenvalue weighted by Gasteiger charge is 2.26. The van der Waals surface area contributed by atoms with Gasteiger partial charge in [-0.15, -0.1) is 0 Å². The summed E-state index contributed by atoms with van der Waals surface area (Å²) in [6, 6.07) is 10.2. The second-order valence-electron chi connectivity index (χ2n) is 4.75. The first-order valence-corrected chi connectivity index (χ1v) is 9.37. The van der Waals surface area contributed by atoms with Gasteiger partial charge in [0.25, 0.3) is 10.0 Å². The highest BCUT2D eigenvalue weighted by Crippen LogP contribution is 2.22. The summed E-state index contributed by atoms with van der Waals surface area (Å²) in [4.78, 5) is -0.543. The molecule has 124 valence electrons. The van der Waals surface area contributed by atoms with E-state index in [0.29, 0.717) is 0 Å². The van der Waals surface area contributed by atoms with Crippen molar-refractivity contribution in [3.05, 3.63) is 54.1 Å². The van der Waals surface area contributed by atoms with E-state index in [1.165, 1.54) is 12.1 Å². The summed E-state index contributed by atoms with van der Waals surface area (Å²) in [6.07, 6.45) is 0. The molecule has 0 aliphatic heterocycles. The average molecular weight is 361 g/mol. The van der Waals surface area contributed by atoms with Crippen LogP contribution in [0.25, 0.3) is 0 Å². The number of sulfone groups is 1. The van der Waals surface area contributed by atoms with Crippen molar-refractivity contribution in [2.45, 2.75) is 22.5 Å². The fourth-order valence-corrected chi connectivity index (χ4v) is 3.53. The Morgan fingerprint density at radius 2 is 1.30 bits per heavy atom. The minimum absolute atomic E-state index is 0.0346. The van der Waals surface area contributed by atoms with Gasteiger partial charge >= 0.3 is 5.76 Å². The molecular weight excluding hydrogens is 348 g/mol. The molecule has 2 rings (SSSR count). The van der Waals surface area contributed by atoms with Crippen molar-refractivity contribution in [1.29, 1.82) is 0 Å². The predicted octanol–water partition coefficient (Wildman–Crippen LogP) is 2.79. The lowest BCUT2D eigenvalue weighted by atomic mass is 10.2. The van der Waals surface area contributed by atoms with Crippen LogP contribution in [0.2, 0.25) is 0 Å². The lowest BCUT2D eigenvalue weighted by Crippen LogP contribution is -2.14. The van der Waals surface area contributed by atoms with E-state index in [9.17, 15) is 25.6 Å². The molecule has 0 aliphatic rings. The molecule has 0 heterocycles. The van der Waals surface area contributed by atoms with Crippen LogP contribution in [-0.4, -0.2) is 22.6 Å². The second kappa shape index (κ2) is 6.25. The first kappa shape index (κ1) is 17.4. The monoisotopic (exact) mass is 361 g/mol. The summed E-state index contributed by atoms with van der Waals surface area (Å²) >= 11 is 0. The zero-order valence-electron chi connectivity index (χ0n) is 11.9. The fourth-order valence-electron chi connectivity index (χ4n) is 1.75. The Balaban J connectivity index is 2.26. The first-order valence-electron chi connectivity index (χ1n) is 6.34. The number of hydrogen-bond acceptors (Lipinski definition) is 4. The van der Waals surface area contributed by atoms with Crippen molar-refractivity contribution < 1.29 is 25.6 Å². The maximum absolute atomic E-state index is 12.4. The summed E-state index contributed by atoms with van der Waals surface area (Å²) < 4.78 is 74.0. The Bertz CT molecular complexity index is 891. The molecule has 0 aromatic heterocycles. The average Bonchev–Trinajstić information content (AvgIpc) is 2.47. The van der Waals surface area contributed by atoms with Crippen LogP contribution >= 0.6 is 0 Å². The fraction of sp³-hybridized carbons (Fsp3) is 0.143. The van der Waals surface area contributed by atoms with Gasteiger partial charge in [-0.2, -0.15) is 8.78 Å². The van der Waals surface area contributed by atoms with Crippen molar-refractivity contribution in [3.63, 3.8) is 0 Å². The Kier molecular flexibility index (Phi) is 4.71. The van der Waals surface area contributed by atoms with Crippen molar-refractivity contribution in [1.82, 2.24) is 0 Å². The van der Waals surface area contributed by atoms with E-state index in [1.807, 2.05) is 6.92 Å². The number of benzene rings is 2. The first-order chi connectivity index (χ1) is 10.6. The number of alkyl halides is 2. The van der Waals surface area contributed by atoms with Gasteiger partial charge in [0.2, 0.25) is 9.84 Å². The number of aryl methyl sites for hydroxylation is 1. The molecule has 9 heteroatoms. The van der Waals surface area contributed by atoms with E-state index in [1.54, 1.807) is 12.1 Å². The molecule has 0 amide bonds. The van der Waals surface area contributed by atoms with E-state index >= 15 is 0 Å². The van der Waals surface area contributed by atoms with Gasteiger partial charge < -0.3 is 0 Å². The summed E-state index contributed by atoms with van der Waals surface area (Å²) in [6.45, 7) is 1.81. The van der Waals surface area contributed by atoms with Crippen LogP contribution in [0.1, 0.15) is 5.56 Å². The van der Waals surface area contributed by atoms with Crippen LogP contribution in [0.4, 0.5) is 14.5 Å². The minimum atomic E-state index is -4.70. The van der Waals surface area contributed by atoms with Gasteiger partial charge in [-0.3, -0.25) is 4.72 Å².